The van der Waals surface area contributed by atoms with Crippen LogP contribution in [0.1, 0.15) is 48.6 Å². The molecule has 2 aliphatic rings. The van der Waals surface area contributed by atoms with Crippen molar-refractivity contribution in [2.45, 2.75) is 31.6 Å². The minimum Gasteiger partial charge on any atom is -0.0619 e. The van der Waals surface area contributed by atoms with E-state index in [9.17, 15) is 0 Å². The van der Waals surface area contributed by atoms with Crippen LogP contribution in [-0.2, 0) is 10.8 Å². The summed E-state index contributed by atoms with van der Waals surface area (Å²) in [5.74, 6) is 0. The highest BCUT2D eigenvalue weighted by molar-refractivity contribution is 9.10. The third kappa shape index (κ3) is 2.17. The van der Waals surface area contributed by atoms with Gasteiger partial charge < -0.3 is 0 Å². The Morgan fingerprint density at radius 3 is 1.67 bits per heavy atom. The van der Waals surface area contributed by atoms with E-state index in [-0.39, 0.29) is 10.8 Å². The Hall–Kier alpha value is -2.64. The quantitative estimate of drug-likeness (QED) is 0.219. The third-order valence-electron chi connectivity index (χ3n) is 6.92. The first-order valence-corrected chi connectivity index (χ1v) is 11.4. The molecule has 1 atom stereocenters. The molecule has 4 aromatic carbocycles. The molecule has 0 fully saturated rings. The second-order valence-corrected chi connectivity index (χ2v) is 10.5. The van der Waals surface area contributed by atoms with Crippen molar-refractivity contribution < 1.29 is 0 Å². The fraction of sp³-hybridized carbons (Fsp3) is 0.172. The zero-order valence-corrected chi connectivity index (χ0v) is 19.0. The van der Waals surface area contributed by atoms with E-state index in [4.69, 9.17) is 0 Å². The third-order valence-corrected chi connectivity index (χ3v) is 7.41. The second-order valence-electron chi connectivity index (χ2n) is 9.54. The zero-order valence-electron chi connectivity index (χ0n) is 17.5. The van der Waals surface area contributed by atoms with Gasteiger partial charge in [0.1, 0.15) is 0 Å². The molecule has 0 aliphatic heterocycles. The monoisotopic (exact) mass is 450 g/mol. The van der Waals surface area contributed by atoms with Crippen LogP contribution in [0.3, 0.4) is 0 Å². The van der Waals surface area contributed by atoms with Crippen molar-refractivity contribution >= 4 is 15.9 Å². The smallest absolute Gasteiger partial charge is 0.0619 e. The van der Waals surface area contributed by atoms with Gasteiger partial charge in [0.25, 0.3) is 0 Å². The fourth-order valence-corrected chi connectivity index (χ4v) is 5.94. The highest BCUT2D eigenvalue weighted by Gasteiger charge is 2.51. The Morgan fingerprint density at radius 1 is 0.567 bits per heavy atom. The van der Waals surface area contributed by atoms with Crippen molar-refractivity contribution in [2.75, 3.05) is 0 Å². The van der Waals surface area contributed by atoms with Crippen molar-refractivity contribution in [3.8, 4) is 22.3 Å². The van der Waals surface area contributed by atoms with Crippen LogP contribution in [0.2, 0.25) is 0 Å². The van der Waals surface area contributed by atoms with Crippen LogP contribution < -0.4 is 0 Å². The van der Waals surface area contributed by atoms with Crippen LogP contribution >= 0.6 is 15.9 Å². The van der Waals surface area contributed by atoms with E-state index < -0.39 is 0 Å². The summed E-state index contributed by atoms with van der Waals surface area (Å²) >= 11 is 3.77. The van der Waals surface area contributed by atoms with Gasteiger partial charge in [0.2, 0.25) is 0 Å². The second kappa shape index (κ2) is 5.95. The largest absolute Gasteiger partial charge is 0.0726 e. The molecule has 0 N–H and O–H groups in total. The Labute approximate surface area is 186 Å². The van der Waals surface area contributed by atoms with Crippen LogP contribution in [0.25, 0.3) is 22.3 Å². The number of hydrogen-bond acceptors (Lipinski definition) is 0. The standard InChI is InChI=1S/C29H23Br/c1-28(2,3)18-12-14-22-20-8-4-6-10-24(20)29(26(22)16-18)25-11-7-5-9-21(25)23-15-13-19(30)17-27(23)29/h4-17H,1-3H3. The number of rotatable bonds is 0. The predicted octanol–water partition coefficient (Wildman–Crippen LogP) is 8.09. The van der Waals surface area contributed by atoms with Crippen LogP contribution in [0, 0.1) is 0 Å². The lowest BCUT2D eigenvalue weighted by Gasteiger charge is -2.31. The molecule has 0 radical (unpaired) electrons. The lowest BCUT2D eigenvalue weighted by Crippen LogP contribution is -2.26. The molecule has 0 saturated carbocycles. The molecule has 4 aromatic rings. The molecular formula is C29H23Br. The van der Waals surface area contributed by atoms with Gasteiger partial charge in [-0.25, -0.2) is 0 Å². The fourth-order valence-electron chi connectivity index (χ4n) is 5.58. The minimum atomic E-state index is -0.261. The SMILES string of the molecule is CC(C)(C)c1ccc2c(c1)C1(c3ccccc3-c3ccc(Br)cc31)c1ccccc1-2. The Balaban J connectivity index is 1.83. The Morgan fingerprint density at radius 2 is 1.07 bits per heavy atom. The van der Waals surface area contributed by atoms with Gasteiger partial charge in [-0.1, -0.05) is 109 Å². The minimum absolute atomic E-state index is 0.100. The highest BCUT2D eigenvalue weighted by Crippen LogP contribution is 2.63. The normalized spacial score (nSPS) is 18.1. The lowest BCUT2D eigenvalue weighted by atomic mass is 9.69. The molecule has 30 heavy (non-hydrogen) atoms. The van der Waals surface area contributed by atoms with E-state index in [0.717, 1.165) is 4.47 Å². The van der Waals surface area contributed by atoms with Crippen molar-refractivity contribution in [3.63, 3.8) is 0 Å². The van der Waals surface area contributed by atoms with Crippen molar-refractivity contribution in [1.29, 1.82) is 0 Å². The molecule has 2 aliphatic carbocycles. The summed E-state index contributed by atoms with van der Waals surface area (Å²) < 4.78 is 1.13. The summed E-state index contributed by atoms with van der Waals surface area (Å²) in [4.78, 5) is 0. The Bertz CT molecular complexity index is 1330. The van der Waals surface area contributed by atoms with Gasteiger partial charge in [-0.2, -0.15) is 0 Å². The summed E-state index contributed by atoms with van der Waals surface area (Å²) in [5, 5.41) is 0. The van der Waals surface area contributed by atoms with Gasteiger partial charge in [0, 0.05) is 4.47 Å². The molecule has 1 unspecified atom stereocenters. The van der Waals surface area contributed by atoms with Gasteiger partial charge in [0.05, 0.1) is 5.41 Å². The summed E-state index contributed by atoms with van der Waals surface area (Å²) in [6.45, 7) is 6.91. The molecule has 0 nitrogen and oxygen atoms in total. The van der Waals surface area contributed by atoms with Crippen LogP contribution in [0.15, 0.2) is 89.4 Å². The first-order chi connectivity index (χ1) is 14.4. The van der Waals surface area contributed by atoms with Crippen molar-refractivity contribution in [2.24, 2.45) is 0 Å². The topological polar surface area (TPSA) is 0 Å². The number of fused-ring (bicyclic) bond motifs is 10. The molecule has 0 amide bonds. The first kappa shape index (κ1) is 18.2. The van der Waals surface area contributed by atoms with Gasteiger partial charge in [-0.15, -0.1) is 0 Å². The molecule has 6 rings (SSSR count). The molecule has 1 spiro atoms. The van der Waals surface area contributed by atoms with Gasteiger partial charge >= 0.3 is 0 Å². The van der Waals surface area contributed by atoms with Crippen molar-refractivity contribution in [1.82, 2.24) is 0 Å². The maximum absolute atomic E-state index is 3.77. The number of hydrogen-bond donors (Lipinski definition) is 0. The van der Waals surface area contributed by atoms with E-state index in [1.807, 2.05) is 0 Å². The maximum Gasteiger partial charge on any atom is 0.0726 e. The van der Waals surface area contributed by atoms with Gasteiger partial charge in [-0.05, 0) is 67.6 Å². The van der Waals surface area contributed by atoms with E-state index in [1.54, 1.807) is 0 Å². The molecular weight excluding hydrogens is 428 g/mol. The van der Waals surface area contributed by atoms with Crippen molar-refractivity contribution in [3.05, 3.63) is 117 Å². The Kier molecular flexibility index (Phi) is 3.60. The van der Waals surface area contributed by atoms with Crippen LogP contribution in [0.5, 0.6) is 0 Å². The summed E-state index contributed by atoms with van der Waals surface area (Å²) in [6, 6.07) is 31.9. The molecule has 146 valence electrons. The molecule has 0 bridgehead atoms. The lowest BCUT2D eigenvalue weighted by molar-refractivity contribution is 0.588. The molecule has 0 heterocycles. The summed E-state index contributed by atoms with van der Waals surface area (Å²) in [6.07, 6.45) is 0. The highest BCUT2D eigenvalue weighted by atomic mass is 79.9. The van der Waals surface area contributed by atoms with Gasteiger partial charge in [0.15, 0.2) is 0 Å². The number of halogens is 1. The zero-order chi connectivity index (χ0) is 20.7. The van der Waals surface area contributed by atoms with E-state index in [1.165, 1.54) is 50.1 Å². The average Bonchev–Trinajstić information content (AvgIpc) is 3.19. The van der Waals surface area contributed by atoms with E-state index in [0.29, 0.717) is 0 Å². The maximum atomic E-state index is 3.77. The molecule has 0 aromatic heterocycles. The summed E-state index contributed by atoms with van der Waals surface area (Å²) in [5.41, 5.74) is 12.2. The van der Waals surface area contributed by atoms with Gasteiger partial charge in [-0.3, -0.25) is 0 Å². The molecule has 1 heteroatoms. The van der Waals surface area contributed by atoms with E-state index in [2.05, 4.69) is 122 Å². The molecule has 0 saturated heterocycles. The van der Waals surface area contributed by atoms with Crippen LogP contribution in [0.4, 0.5) is 0 Å². The van der Waals surface area contributed by atoms with E-state index >= 15 is 0 Å². The summed E-state index contributed by atoms with van der Waals surface area (Å²) in [7, 11) is 0. The average molecular weight is 451 g/mol. The first-order valence-electron chi connectivity index (χ1n) is 10.6. The number of benzene rings is 4. The van der Waals surface area contributed by atoms with Crippen LogP contribution in [-0.4, -0.2) is 0 Å². The predicted molar refractivity (Wildman–Crippen MR) is 129 cm³/mol.